The highest BCUT2D eigenvalue weighted by Gasteiger charge is 2.59. The minimum atomic E-state index is -1.10. The van der Waals surface area contributed by atoms with E-state index in [1.165, 1.54) is 0 Å². The highest BCUT2D eigenvalue weighted by atomic mass is 79.9. The van der Waals surface area contributed by atoms with Gasteiger partial charge in [0.25, 0.3) is 0 Å². The van der Waals surface area contributed by atoms with Crippen molar-refractivity contribution in [1.82, 2.24) is 5.32 Å². The third-order valence-electron chi connectivity index (χ3n) is 5.94. The molecule has 0 aromatic heterocycles. The lowest BCUT2D eigenvalue weighted by molar-refractivity contribution is -0.130. The molecule has 5 nitrogen and oxygen atoms in total. The number of nitrogens with zero attached hydrogens (tertiary/aromatic N) is 1. The van der Waals surface area contributed by atoms with E-state index in [0.717, 1.165) is 15.7 Å². The fraction of sp³-hybridized carbons (Fsp3) is 0.167. The van der Waals surface area contributed by atoms with E-state index in [2.05, 4.69) is 26.6 Å². The molecule has 2 aliphatic rings. The van der Waals surface area contributed by atoms with Crippen molar-refractivity contribution in [2.45, 2.75) is 18.7 Å². The van der Waals surface area contributed by atoms with Crippen molar-refractivity contribution in [3.05, 3.63) is 86.8 Å². The lowest BCUT2D eigenvalue weighted by Crippen LogP contribution is -2.72. The van der Waals surface area contributed by atoms with Gasteiger partial charge in [-0.1, -0.05) is 39.1 Å². The van der Waals surface area contributed by atoms with Gasteiger partial charge in [0.1, 0.15) is 11.7 Å². The largest absolute Gasteiger partial charge is 0.467 e. The van der Waals surface area contributed by atoms with Crippen molar-refractivity contribution in [1.29, 1.82) is 0 Å². The minimum Gasteiger partial charge on any atom is -0.467 e. The van der Waals surface area contributed by atoms with E-state index < -0.39 is 17.7 Å². The number of rotatable bonds is 3. The average Bonchev–Trinajstić information content (AvgIpc) is 2.77. The average molecular weight is 563 g/mol. The number of benzene rings is 3. The molecule has 1 amide bonds. The van der Waals surface area contributed by atoms with E-state index >= 15 is 0 Å². The first-order valence-corrected chi connectivity index (χ1v) is 12.1. The first-order valence-electron chi connectivity index (χ1n) is 10.2. The summed E-state index contributed by atoms with van der Waals surface area (Å²) in [6.07, 6.45) is 0. The van der Waals surface area contributed by atoms with E-state index in [0.29, 0.717) is 26.6 Å². The summed E-state index contributed by atoms with van der Waals surface area (Å²) in [6.45, 7) is 1.89. The van der Waals surface area contributed by atoms with Gasteiger partial charge in [-0.15, -0.1) is 0 Å². The van der Waals surface area contributed by atoms with Gasteiger partial charge in [0.05, 0.1) is 6.04 Å². The molecule has 9 heteroatoms. The maximum absolute atomic E-state index is 13.7. The number of amides is 1. The van der Waals surface area contributed by atoms with Crippen LogP contribution in [-0.2, 0) is 4.79 Å². The minimum absolute atomic E-state index is 0.215. The van der Waals surface area contributed by atoms with Crippen LogP contribution in [0.3, 0.4) is 0 Å². The molecular weight excluding hydrogens is 545 g/mol. The van der Waals surface area contributed by atoms with E-state index in [1.807, 2.05) is 48.2 Å². The Bertz CT molecular complexity index is 1260. The van der Waals surface area contributed by atoms with Crippen LogP contribution in [0.1, 0.15) is 18.5 Å². The van der Waals surface area contributed by atoms with Crippen molar-refractivity contribution < 1.29 is 9.53 Å². The summed E-state index contributed by atoms with van der Waals surface area (Å²) in [5.74, 6) is -0.221. The number of fused-ring (bicyclic) bond motifs is 4. The summed E-state index contributed by atoms with van der Waals surface area (Å²) >= 11 is 21.5. The van der Waals surface area contributed by atoms with E-state index in [-0.39, 0.29) is 5.91 Å². The molecule has 0 radical (unpaired) electrons. The van der Waals surface area contributed by atoms with Crippen molar-refractivity contribution in [2.75, 3.05) is 10.2 Å². The van der Waals surface area contributed by atoms with Crippen LogP contribution in [0.5, 0.6) is 5.75 Å². The van der Waals surface area contributed by atoms with Gasteiger partial charge in [-0.25, -0.2) is 0 Å². The van der Waals surface area contributed by atoms with Gasteiger partial charge in [-0.2, -0.15) is 0 Å². The lowest BCUT2D eigenvalue weighted by atomic mass is 9.78. The lowest BCUT2D eigenvalue weighted by Gasteiger charge is -2.56. The topological polar surface area (TPSA) is 53.6 Å². The summed E-state index contributed by atoms with van der Waals surface area (Å²) in [4.78, 5) is 15.6. The summed E-state index contributed by atoms with van der Waals surface area (Å²) in [5.41, 5.74) is 1.13. The number of anilines is 2. The number of ether oxygens (including phenoxy) is 1. The van der Waals surface area contributed by atoms with Crippen LogP contribution in [0, 0.1) is 5.92 Å². The molecular formula is C24H18BrCl2N3O2S. The summed E-state index contributed by atoms with van der Waals surface area (Å²) in [6, 6.07) is 19.7. The van der Waals surface area contributed by atoms with Gasteiger partial charge in [0.2, 0.25) is 5.91 Å². The second-order valence-electron chi connectivity index (χ2n) is 8.05. The van der Waals surface area contributed by atoms with Crippen molar-refractivity contribution >= 4 is 73.7 Å². The number of halogens is 3. The molecule has 168 valence electrons. The Balaban J connectivity index is 1.62. The Labute approximate surface area is 215 Å². The summed E-state index contributed by atoms with van der Waals surface area (Å²) < 4.78 is 7.49. The smallest absolute Gasteiger partial charge is 0.236 e. The molecule has 2 N–H and O–H groups in total. The van der Waals surface area contributed by atoms with Gasteiger partial charge >= 0.3 is 0 Å². The third-order valence-corrected chi connectivity index (χ3v) is 7.26. The maximum atomic E-state index is 13.7. The first kappa shape index (κ1) is 22.5. The Kier molecular flexibility index (Phi) is 5.77. The van der Waals surface area contributed by atoms with Crippen LogP contribution in [0.25, 0.3) is 0 Å². The zero-order valence-electron chi connectivity index (χ0n) is 17.3. The second kappa shape index (κ2) is 8.47. The SMILES string of the molecule is CC12Oc3ccc(Cl)cc3C(NC(=S)N1c1ccc(Br)cc1)C2C(=O)Nc1ccc(Cl)cc1. The Hall–Kier alpha value is -2.32. The summed E-state index contributed by atoms with van der Waals surface area (Å²) in [7, 11) is 0. The van der Waals surface area contributed by atoms with Crippen molar-refractivity contribution in [2.24, 2.45) is 5.92 Å². The van der Waals surface area contributed by atoms with Gasteiger partial charge in [0, 0.05) is 31.5 Å². The maximum Gasteiger partial charge on any atom is 0.236 e. The molecule has 3 unspecified atom stereocenters. The predicted octanol–water partition coefficient (Wildman–Crippen LogP) is 6.56. The van der Waals surface area contributed by atoms with Crippen LogP contribution >= 0.6 is 51.3 Å². The first-order chi connectivity index (χ1) is 15.8. The normalized spacial score (nSPS) is 23.3. The standard InChI is InChI=1S/C24H18BrCl2N3O2S/c1-24-20(22(31)28-16-7-4-14(26)5-8-16)21(18-12-15(27)6-11-19(18)32-24)29-23(33)30(24)17-9-2-13(25)3-10-17/h2-12,20-21H,1H3,(H,28,31)(H,29,33). The number of hydrogen-bond acceptors (Lipinski definition) is 3. The number of carbonyl (C=O) groups excluding carboxylic acids is 1. The summed E-state index contributed by atoms with van der Waals surface area (Å²) in [5, 5.41) is 7.99. The van der Waals surface area contributed by atoms with Crippen molar-refractivity contribution in [3.63, 3.8) is 0 Å². The fourth-order valence-electron chi connectivity index (χ4n) is 4.49. The van der Waals surface area contributed by atoms with Crippen LogP contribution in [0.15, 0.2) is 71.2 Å². The van der Waals surface area contributed by atoms with Crippen LogP contribution in [-0.4, -0.2) is 16.7 Å². The van der Waals surface area contributed by atoms with Crippen LogP contribution in [0.4, 0.5) is 11.4 Å². The molecule has 1 fully saturated rings. The van der Waals surface area contributed by atoms with Crippen molar-refractivity contribution in [3.8, 4) is 5.75 Å². The highest BCUT2D eigenvalue weighted by molar-refractivity contribution is 9.10. The molecule has 0 spiro atoms. The highest BCUT2D eigenvalue weighted by Crippen LogP contribution is 2.50. The third kappa shape index (κ3) is 3.97. The number of hydrogen-bond donors (Lipinski definition) is 2. The molecule has 0 saturated carbocycles. The number of nitrogens with one attached hydrogen (secondary N) is 2. The quantitative estimate of drug-likeness (QED) is 0.354. The second-order valence-corrected chi connectivity index (χ2v) is 10.2. The molecule has 1 saturated heterocycles. The molecule has 3 atom stereocenters. The van der Waals surface area contributed by atoms with E-state index in [4.69, 9.17) is 40.2 Å². The fourth-order valence-corrected chi connectivity index (χ4v) is 5.47. The molecule has 3 aromatic carbocycles. The molecule has 5 rings (SSSR count). The molecule has 2 bridgehead atoms. The molecule has 3 aromatic rings. The Morgan fingerprint density at radius 2 is 1.76 bits per heavy atom. The Morgan fingerprint density at radius 3 is 2.45 bits per heavy atom. The molecule has 33 heavy (non-hydrogen) atoms. The number of thiocarbonyl (C=S) groups is 1. The van der Waals surface area contributed by atoms with Gasteiger partial charge in [0.15, 0.2) is 10.8 Å². The van der Waals surface area contributed by atoms with Crippen LogP contribution in [0.2, 0.25) is 10.0 Å². The zero-order valence-corrected chi connectivity index (χ0v) is 21.2. The Morgan fingerprint density at radius 1 is 1.09 bits per heavy atom. The molecule has 2 aliphatic heterocycles. The predicted molar refractivity (Wildman–Crippen MR) is 139 cm³/mol. The molecule has 2 heterocycles. The van der Waals surface area contributed by atoms with E-state index in [1.54, 1.807) is 30.3 Å². The van der Waals surface area contributed by atoms with Gasteiger partial charge in [-0.3, -0.25) is 9.69 Å². The van der Waals surface area contributed by atoms with Crippen LogP contribution < -0.4 is 20.3 Å². The van der Waals surface area contributed by atoms with Gasteiger partial charge < -0.3 is 15.4 Å². The molecule has 0 aliphatic carbocycles. The van der Waals surface area contributed by atoms with E-state index in [9.17, 15) is 4.79 Å². The number of carbonyl (C=O) groups is 1. The van der Waals surface area contributed by atoms with Gasteiger partial charge in [-0.05, 0) is 85.9 Å². The zero-order chi connectivity index (χ0) is 23.3. The monoisotopic (exact) mass is 561 g/mol.